The van der Waals surface area contributed by atoms with E-state index in [1.54, 1.807) is 24.3 Å². The topological polar surface area (TPSA) is 56.3 Å². The summed E-state index contributed by atoms with van der Waals surface area (Å²) in [6.45, 7) is 0. The van der Waals surface area contributed by atoms with Crippen LogP contribution < -0.4 is 4.74 Å². The average Bonchev–Trinajstić information content (AvgIpc) is 2.61. The molecule has 27 heavy (non-hydrogen) atoms. The van der Waals surface area contributed by atoms with Gasteiger partial charge in [0.2, 0.25) is 0 Å². The van der Waals surface area contributed by atoms with Crippen molar-refractivity contribution in [2.45, 2.75) is 30.9 Å². The van der Waals surface area contributed by atoms with E-state index in [0.29, 0.717) is 17.5 Å². The number of Topliss-reactive ketones (excluding diaryl/α,β-unsaturated/α-hetero) is 2. The van der Waals surface area contributed by atoms with Crippen molar-refractivity contribution in [3.63, 3.8) is 0 Å². The van der Waals surface area contributed by atoms with Crippen molar-refractivity contribution in [1.29, 1.82) is 0 Å². The van der Waals surface area contributed by atoms with Gasteiger partial charge in [-0.05, 0) is 23.8 Å². The normalized spacial score (nSPS) is 20.6. The van der Waals surface area contributed by atoms with Gasteiger partial charge in [0.25, 0.3) is 0 Å². The lowest BCUT2D eigenvalue weighted by molar-refractivity contribution is -0.137. The van der Waals surface area contributed by atoms with Crippen LogP contribution in [0, 0.1) is 0 Å². The number of carbonyl (C=O) groups is 2. The van der Waals surface area contributed by atoms with Crippen LogP contribution in [0.2, 0.25) is 5.02 Å². The molecule has 3 rings (SSSR count). The third kappa shape index (κ3) is 3.98. The number of benzene rings is 1. The van der Waals surface area contributed by atoms with Gasteiger partial charge in [0, 0.05) is 18.5 Å². The minimum absolute atomic E-state index is 0.0583. The lowest BCUT2D eigenvalue weighted by atomic mass is 9.72. The molecule has 2 atom stereocenters. The van der Waals surface area contributed by atoms with Crippen molar-refractivity contribution >= 4 is 23.2 Å². The Labute approximate surface area is 158 Å². The first-order valence-corrected chi connectivity index (χ1v) is 8.49. The van der Waals surface area contributed by atoms with Crippen LogP contribution in [-0.2, 0) is 15.8 Å². The van der Waals surface area contributed by atoms with Crippen molar-refractivity contribution in [3.05, 3.63) is 58.4 Å². The number of rotatable bonds is 3. The Bertz CT molecular complexity index is 881. The van der Waals surface area contributed by atoms with Crippen LogP contribution in [0.3, 0.4) is 0 Å². The molecule has 2 unspecified atom stereocenters. The van der Waals surface area contributed by atoms with Crippen LogP contribution >= 0.6 is 11.6 Å². The molecular formula is C19H15ClF3NO3. The molecule has 0 bridgehead atoms. The summed E-state index contributed by atoms with van der Waals surface area (Å²) < 4.78 is 43.7. The molecule has 0 aliphatic heterocycles. The third-order valence-corrected chi connectivity index (χ3v) is 4.91. The minimum Gasteiger partial charge on any atom is -0.497 e. The molecule has 0 amide bonds. The molecule has 0 spiro atoms. The highest BCUT2D eigenvalue weighted by Crippen LogP contribution is 2.43. The fourth-order valence-electron chi connectivity index (χ4n) is 3.30. The standard InChI is InChI=1S/C19H15ClF3NO3/c1-27-13-4-2-10(3-5-13)14-7-12(25)8-16(26)17(14)18-15(20)6-11(9-24-18)19(21,22)23/h2-6,9,14,17H,7-8H2,1H3. The van der Waals surface area contributed by atoms with E-state index >= 15 is 0 Å². The molecule has 1 saturated carbocycles. The number of nitrogens with zero attached hydrogens (tertiary/aromatic N) is 1. The summed E-state index contributed by atoms with van der Waals surface area (Å²) in [5.74, 6) is -1.45. The number of aromatic nitrogens is 1. The smallest absolute Gasteiger partial charge is 0.417 e. The van der Waals surface area contributed by atoms with Crippen molar-refractivity contribution in [1.82, 2.24) is 4.98 Å². The van der Waals surface area contributed by atoms with Crippen molar-refractivity contribution < 1.29 is 27.5 Å². The molecule has 1 aliphatic carbocycles. The predicted octanol–water partition coefficient (Wildman–Crippen LogP) is 4.56. The zero-order valence-electron chi connectivity index (χ0n) is 14.2. The molecule has 142 valence electrons. The second kappa shape index (κ2) is 7.31. The number of alkyl halides is 3. The van der Waals surface area contributed by atoms with Gasteiger partial charge < -0.3 is 4.74 Å². The molecular weight excluding hydrogens is 383 g/mol. The van der Waals surface area contributed by atoms with Gasteiger partial charge in [-0.25, -0.2) is 0 Å². The highest BCUT2D eigenvalue weighted by Gasteiger charge is 2.40. The lowest BCUT2D eigenvalue weighted by Gasteiger charge is -2.30. The van der Waals surface area contributed by atoms with E-state index in [1.165, 1.54) is 7.11 Å². The van der Waals surface area contributed by atoms with Crippen molar-refractivity contribution in [3.8, 4) is 5.75 Å². The molecule has 0 radical (unpaired) electrons. The number of methoxy groups -OCH3 is 1. The van der Waals surface area contributed by atoms with Crippen LogP contribution in [0.4, 0.5) is 13.2 Å². The first kappa shape index (κ1) is 19.4. The molecule has 1 aromatic carbocycles. The summed E-state index contributed by atoms with van der Waals surface area (Å²) >= 11 is 6.05. The third-order valence-electron chi connectivity index (χ3n) is 4.60. The van der Waals surface area contributed by atoms with Crippen LogP contribution in [0.25, 0.3) is 0 Å². The quantitative estimate of drug-likeness (QED) is 0.712. The summed E-state index contributed by atoms with van der Waals surface area (Å²) in [6.07, 6.45) is -4.12. The maximum absolute atomic E-state index is 12.9. The summed E-state index contributed by atoms with van der Waals surface area (Å²) in [7, 11) is 1.51. The maximum Gasteiger partial charge on any atom is 0.417 e. The SMILES string of the molecule is COc1ccc(C2CC(=O)CC(=O)C2c2ncc(C(F)(F)F)cc2Cl)cc1. The van der Waals surface area contributed by atoms with Gasteiger partial charge in [-0.1, -0.05) is 23.7 Å². The number of hydrogen-bond donors (Lipinski definition) is 0. The first-order valence-electron chi connectivity index (χ1n) is 8.11. The Kier molecular flexibility index (Phi) is 5.24. The molecule has 1 aliphatic rings. The van der Waals surface area contributed by atoms with Crippen LogP contribution in [0.1, 0.15) is 41.5 Å². The minimum atomic E-state index is -4.59. The van der Waals surface area contributed by atoms with Gasteiger partial charge in [0.1, 0.15) is 17.3 Å². The number of ketones is 2. The van der Waals surface area contributed by atoms with E-state index < -0.39 is 29.4 Å². The van der Waals surface area contributed by atoms with Crippen molar-refractivity contribution in [2.24, 2.45) is 0 Å². The Morgan fingerprint density at radius 1 is 1.19 bits per heavy atom. The lowest BCUT2D eigenvalue weighted by Crippen LogP contribution is -2.31. The van der Waals surface area contributed by atoms with Gasteiger partial charge in [-0.15, -0.1) is 0 Å². The largest absolute Gasteiger partial charge is 0.497 e. The van der Waals surface area contributed by atoms with Gasteiger partial charge in [0.15, 0.2) is 0 Å². The van der Waals surface area contributed by atoms with E-state index in [4.69, 9.17) is 16.3 Å². The molecule has 2 aromatic rings. The molecule has 0 saturated heterocycles. The zero-order valence-corrected chi connectivity index (χ0v) is 15.0. The number of hydrogen-bond acceptors (Lipinski definition) is 4. The molecule has 0 N–H and O–H groups in total. The summed E-state index contributed by atoms with van der Waals surface area (Å²) in [4.78, 5) is 28.4. The summed E-state index contributed by atoms with van der Waals surface area (Å²) in [5.41, 5.74) is -0.237. The van der Waals surface area contributed by atoms with E-state index in [9.17, 15) is 22.8 Å². The Morgan fingerprint density at radius 3 is 2.41 bits per heavy atom. The van der Waals surface area contributed by atoms with Gasteiger partial charge >= 0.3 is 6.18 Å². The molecule has 4 nitrogen and oxygen atoms in total. The zero-order chi connectivity index (χ0) is 19.8. The fourth-order valence-corrected chi connectivity index (χ4v) is 3.58. The van der Waals surface area contributed by atoms with Crippen LogP contribution in [0.15, 0.2) is 36.5 Å². The van der Waals surface area contributed by atoms with Gasteiger partial charge in [-0.2, -0.15) is 13.2 Å². The average molecular weight is 398 g/mol. The molecule has 1 fully saturated rings. The predicted molar refractivity (Wildman–Crippen MR) is 92.0 cm³/mol. The van der Waals surface area contributed by atoms with Crippen molar-refractivity contribution in [2.75, 3.05) is 7.11 Å². The van der Waals surface area contributed by atoms with Gasteiger partial charge in [-0.3, -0.25) is 14.6 Å². The first-order chi connectivity index (χ1) is 12.7. The Hall–Kier alpha value is -2.41. The number of halogens is 4. The fraction of sp³-hybridized carbons (Fsp3) is 0.316. The molecule has 1 aromatic heterocycles. The number of carbonyl (C=O) groups excluding carboxylic acids is 2. The molecule has 1 heterocycles. The molecule has 8 heteroatoms. The van der Waals surface area contributed by atoms with E-state index in [2.05, 4.69) is 4.98 Å². The van der Waals surface area contributed by atoms with Crippen LogP contribution in [-0.4, -0.2) is 23.7 Å². The monoisotopic (exact) mass is 397 g/mol. The Morgan fingerprint density at radius 2 is 1.85 bits per heavy atom. The number of pyridine rings is 1. The van der Waals surface area contributed by atoms with E-state index in [-0.39, 0.29) is 29.3 Å². The van der Waals surface area contributed by atoms with Gasteiger partial charge in [0.05, 0.1) is 35.7 Å². The summed E-state index contributed by atoms with van der Waals surface area (Å²) in [6, 6.07) is 7.59. The van der Waals surface area contributed by atoms with E-state index in [1.807, 2.05) is 0 Å². The highest BCUT2D eigenvalue weighted by atomic mass is 35.5. The second-order valence-electron chi connectivity index (χ2n) is 6.33. The maximum atomic E-state index is 12.9. The highest BCUT2D eigenvalue weighted by molar-refractivity contribution is 6.31. The summed E-state index contributed by atoms with van der Waals surface area (Å²) in [5, 5.41) is -0.240. The second-order valence-corrected chi connectivity index (χ2v) is 6.74. The Balaban J connectivity index is 2.04. The van der Waals surface area contributed by atoms with Crippen LogP contribution in [0.5, 0.6) is 5.75 Å². The number of ether oxygens (including phenoxy) is 1. The van der Waals surface area contributed by atoms with E-state index in [0.717, 1.165) is 6.07 Å².